The van der Waals surface area contributed by atoms with Crippen LogP contribution in [0.2, 0.25) is 5.02 Å². The predicted molar refractivity (Wildman–Crippen MR) is 120 cm³/mol. The SMILES string of the molecule is O=C([C@H]1CCCN(S(=O)(=O)c2ccc(Cl)cc2)C1)N1CCC[C@@H]1c1nnc2ccccn12. The fraction of sp³-hybridized carbons (Fsp3) is 0.409. The number of fused-ring (bicyclic) bond motifs is 1. The second-order valence-electron chi connectivity index (χ2n) is 8.33. The largest absolute Gasteiger partial charge is 0.332 e. The lowest BCUT2D eigenvalue weighted by Gasteiger charge is -2.34. The quantitative estimate of drug-likeness (QED) is 0.580. The summed E-state index contributed by atoms with van der Waals surface area (Å²) >= 11 is 5.91. The zero-order valence-corrected chi connectivity index (χ0v) is 19.0. The molecule has 10 heteroatoms. The van der Waals surface area contributed by atoms with Gasteiger partial charge in [-0.2, -0.15) is 4.31 Å². The van der Waals surface area contributed by atoms with Gasteiger partial charge in [-0.15, -0.1) is 10.2 Å². The third-order valence-electron chi connectivity index (χ3n) is 6.36. The van der Waals surface area contributed by atoms with E-state index in [1.807, 2.05) is 33.7 Å². The zero-order valence-electron chi connectivity index (χ0n) is 17.5. The molecule has 5 rings (SSSR count). The van der Waals surface area contributed by atoms with Crippen LogP contribution in [0.3, 0.4) is 0 Å². The van der Waals surface area contributed by atoms with Crippen molar-refractivity contribution in [3.8, 4) is 0 Å². The fourth-order valence-corrected chi connectivity index (χ4v) is 6.39. The van der Waals surface area contributed by atoms with E-state index in [1.54, 1.807) is 12.1 Å². The highest BCUT2D eigenvalue weighted by molar-refractivity contribution is 7.89. The van der Waals surface area contributed by atoms with Crippen molar-refractivity contribution in [3.05, 3.63) is 59.5 Å². The van der Waals surface area contributed by atoms with Crippen molar-refractivity contribution < 1.29 is 13.2 Å². The molecule has 168 valence electrons. The lowest BCUT2D eigenvalue weighted by atomic mass is 9.97. The molecule has 2 saturated heterocycles. The van der Waals surface area contributed by atoms with E-state index in [-0.39, 0.29) is 29.3 Å². The van der Waals surface area contributed by atoms with Crippen LogP contribution in [-0.2, 0) is 14.8 Å². The molecule has 3 aromatic rings. The monoisotopic (exact) mass is 473 g/mol. The normalized spacial score (nSPS) is 22.5. The molecule has 32 heavy (non-hydrogen) atoms. The molecule has 0 saturated carbocycles. The first kappa shape index (κ1) is 21.4. The molecule has 2 fully saturated rings. The van der Waals surface area contributed by atoms with E-state index < -0.39 is 10.0 Å². The van der Waals surface area contributed by atoms with Gasteiger partial charge in [0.15, 0.2) is 11.5 Å². The van der Waals surface area contributed by atoms with Crippen molar-refractivity contribution in [2.45, 2.75) is 36.6 Å². The Hall–Kier alpha value is -2.49. The third-order valence-corrected chi connectivity index (χ3v) is 8.49. The van der Waals surface area contributed by atoms with Gasteiger partial charge >= 0.3 is 0 Å². The van der Waals surface area contributed by atoms with Crippen molar-refractivity contribution >= 4 is 33.2 Å². The number of nitrogens with zero attached hydrogens (tertiary/aromatic N) is 5. The molecule has 0 unspecified atom stereocenters. The number of benzene rings is 1. The predicted octanol–water partition coefficient (Wildman–Crippen LogP) is 3.15. The summed E-state index contributed by atoms with van der Waals surface area (Å²) in [5.74, 6) is 0.384. The van der Waals surface area contributed by atoms with Crippen molar-refractivity contribution in [1.82, 2.24) is 23.8 Å². The van der Waals surface area contributed by atoms with E-state index in [0.29, 0.717) is 31.0 Å². The Kier molecular flexibility index (Phi) is 5.65. The number of pyridine rings is 1. The summed E-state index contributed by atoms with van der Waals surface area (Å²) in [5.41, 5.74) is 0.750. The molecule has 0 radical (unpaired) electrons. The van der Waals surface area contributed by atoms with Crippen LogP contribution in [0.5, 0.6) is 0 Å². The topological polar surface area (TPSA) is 87.9 Å². The number of likely N-dealkylation sites (tertiary alicyclic amines) is 1. The minimum Gasteiger partial charge on any atom is -0.332 e. The molecule has 2 atom stereocenters. The molecule has 4 heterocycles. The molecule has 2 aliphatic rings. The van der Waals surface area contributed by atoms with Gasteiger partial charge in [0.05, 0.1) is 16.9 Å². The summed E-state index contributed by atoms with van der Waals surface area (Å²) in [6.07, 6.45) is 4.94. The van der Waals surface area contributed by atoms with Gasteiger partial charge in [-0.1, -0.05) is 17.7 Å². The van der Waals surface area contributed by atoms with Gasteiger partial charge in [-0.3, -0.25) is 9.20 Å². The maximum atomic E-state index is 13.5. The van der Waals surface area contributed by atoms with Gasteiger partial charge in [0.2, 0.25) is 15.9 Å². The van der Waals surface area contributed by atoms with Crippen molar-refractivity contribution in [2.24, 2.45) is 5.92 Å². The van der Waals surface area contributed by atoms with Gasteiger partial charge < -0.3 is 4.90 Å². The summed E-state index contributed by atoms with van der Waals surface area (Å²) in [6.45, 7) is 1.24. The molecule has 1 amide bonds. The first-order valence-corrected chi connectivity index (χ1v) is 12.6. The van der Waals surface area contributed by atoms with Gasteiger partial charge in [0.1, 0.15) is 0 Å². The first-order chi connectivity index (χ1) is 15.4. The van der Waals surface area contributed by atoms with Crippen LogP contribution in [-0.4, -0.2) is 57.8 Å². The fourth-order valence-electron chi connectivity index (χ4n) is 4.74. The van der Waals surface area contributed by atoms with E-state index in [1.165, 1.54) is 16.4 Å². The van der Waals surface area contributed by atoms with Crippen LogP contribution in [0, 0.1) is 5.92 Å². The number of carbonyl (C=O) groups excluding carboxylic acids is 1. The summed E-state index contributed by atoms with van der Waals surface area (Å²) < 4.78 is 29.6. The van der Waals surface area contributed by atoms with E-state index in [4.69, 9.17) is 11.6 Å². The molecule has 0 aliphatic carbocycles. The van der Waals surface area contributed by atoms with Crippen molar-refractivity contribution in [2.75, 3.05) is 19.6 Å². The Balaban J connectivity index is 1.36. The molecule has 0 N–H and O–H groups in total. The number of rotatable bonds is 4. The van der Waals surface area contributed by atoms with Crippen LogP contribution in [0.4, 0.5) is 0 Å². The van der Waals surface area contributed by atoms with Crippen molar-refractivity contribution in [1.29, 1.82) is 0 Å². The summed E-state index contributed by atoms with van der Waals surface area (Å²) in [5, 5.41) is 9.07. The van der Waals surface area contributed by atoms with Crippen LogP contribution in [0.25, 0.3) is 5.65 Å². The molecule has 0 bridgehead atoms. The van der Waals surface area contributed by atoms with E-state index >= 15 is 0 Å². The Labute approximate surface area is 191 Å². The van der Waals surface area contributed by atoms with Crippen LogP contribution in [0.15, 0.2) is 53.6 Å². The molecular formula is C22H24ClN5O3S. The van der Waals surface area contributed by atoms with Crippen LogP contribution < -0.4 is 0 Å². The highest BCUT2D eigenvalue weighted by Crippen LogP contribution is 2.34. The average Bonchev–Trinajstić information content (AvgIpc) is 3.46. The second kappa shape index (κ2) is 8.46. The number of hydrogen-bond donors (Lipinski definition) is 0. The maximum Gasteiger partial charge on any atom is 0.243 e. The van der Waals surface area contributed by atoms with Gasteiger partial charge in [-0.25, -0.2) is 8.42 Å². The van der Waals surface area contributed by atoms with Gasteiger partial charge in [0, 0.05) is 30.9 Å². The lowest BCUT2D eigenvalue weighted by Crippen LogP contribution is -2.46. The van der Waals surface area contributed by atoms with Crippen LogP contribution >= 0.6 is 11.6 Å². The number of halogens is 1. The molecule has 2 aliphatic heterocycles. The van der Waals surface area contributed by atoms with E-state index in [0.717, 1.165) is 24.3 Å². The summed E-state index contributed by atoms with van der Waals surface area (Å²) in [4.78, 5) is 15.6. The second-order valence-corrected chi connectivity index (χ2v) is 10.7. The van der Waals surface area contributed by atoms with E-state index in [9.17, 15) is 13.2 Å². The van der Waals surface area contributed by atoms with E-state index in [2.05, 4.69) is 10.2 Å². The number of sulfonamides is 1. The molecule has 0 spiro atoms. The van der Waals surface area contributed by atoms with Gasteiger partial charge in [-0.05, 0) is 62.1 Å². The first-order valence-electron chi connectivity index (χ1n) is 10.8. The lowest BCUT2D eigenvalue weighted by molar-refractivity contribution is -0.137. The Morgan fingerprint density at radius 3 is 2.59 bits per heavy atom. The number of amides is 1. The van der Waals surface area contributed by atoms with Crippen LogP contribution in [0.1, 0.15) is 37.5 Å². The molecule has 1 aromatic carbocycles. The number of carbonyl (C=O) groups is 1. The number of aromatic nitrogens is 3. The molecular weight excluding hydrogens is 450 g/mol. The Morgan fingerprint density at radius 2 is 1.78 bits per heavy atom. The Morgan fingerprint density at radius 1 is 1.00 bits per heavy atom. The smallest absolute Gasteiger partial charge is 0.243 e. The standard InChI is InChI=1S/C22H24ClN5O3S/c23-17-8-10-18(11-9-17)32(30,31)26-12-3-5-16(15-26)22(29)27-14-4-6-19(27)21-25-24-20-7-1-2-13-28(20)21/h1-2,7-11,13,16,19H,3-6,12,14-15H2/t16-,19+/m0/s1. The minimum absolute atomic E-state index is 0.00353. The number of piperidine rings is 1. The summed E-state index contributed by atoms with van der Waals surface area (Å²) in [7, 11) is -3.68. The van der Waals surface area contributed by atoms with Gasteiger partial charge in [0.25, 0.3) is 0 Å². The third kappa shape index (κ3) is 3.78. The highest BCUT2D eigenvalue weighted by atomic mass is 35.5. The average molecular weight is 474 g/mol. The zero-order chi connectivity index (χ0) is 22.3. The van der Waals surface area contributed by atoms with Crippen molar-refractivity contribution in [3.63, 3.8) is 0 Å². The minimum atomic E-state index is -3.68. The summed E-state index contributed by atoms with van der Waals surface area (Å²) in [6, 6.07) is 11.7. The Bertz CT molecular complexity index is 1240. The number of hydrogen-bond acceptors (Lipinski definition) is 5. The maximum absolute atomic E-state index is 13.5. The molecule has 2 aromatic heterocycles. The highest BCUT2D eigenvalue weighted by Gasteiger charge is 2.40. The molecule has 8 nitrogen and oxygen atoms in total.